The van der Waals surface area contributed by atoms with Crippen molar-refractivity contribution in [3.63, 3.8) is 0 Å². The molecule has 1 aromatic rings. The molecule has 1 atom stereocenters. The van der Waals surface area contributed by atoms with Crippen LogP contribution in [0.1, 0.15) is 43.7 Å². The van der Waals surface area contributed by atoms with Gasteiger partial charge in [0, 0.05) is 6.04 Å². The first-order valence-corrected chi connectivity index (χ1v) is 7.41. The van der Waals surface area contributed by atoms with Gasteiger partial charge < -0.3 is 5.32 Å². The second-order valence-electron chi connectivity index (χ2n) is 5.59. The molecule has 4 heteroatoms. The number of hydrogen-bond donors (Lipinski definition) is 1. The molecule has 0 bridgehead atoms. The fourth-order valence-electron chi connectivity index (χ4n) is 2.66. The average molecular weight is 285 g/mol. The summed E-state index contributed by atoms with van der Waals surface area (Å²) in [6.45, 7) is 3.05. The molecular weight excluding hydrogens is 263 g/mol. The topological polar surface area (TPSA) is 12.0 Å². The van der Waals surface area contributed by atoms with Crippen LogP contribution in [-0.2, 0) is 12.6 Å². The summed E-state index contributed by atoms with van der Waals surface area (Å²) in [5.41, 5.74) is -0.0611. The summed E-state index contributed by atoms with van der Waals surface area (Å²) in [5, 5.41) is 3.48. The Bertz CT molecular complexity index is 424. The largest absolute Gasteiger partial charge is 0.416 e. The molecule has 0 amide bonds. The van der Waals surface area contributed by atoms with Crippen LogP contribution in [0, 0.1) is 5.92 Å². The molecule has 0 radical (unpaired) electrons. The van der Waals surface area contributed by atoms with Crippen molar-refractivity contribution in [2.24, 2.45) is 5.92 Å². The number of alkyl halides is 3. The summed E-state index contributed by atoms with van der Waals surface area (Å²) in [5.74, 6) is 0.666. The van der Waals surface area contributed by atoms with E-state index in [-0.39, 0.29) is 0 Å². The molecule has 1 nitrogen and oxygen atoms in total. The van der Waals surface area contributed by atoms with Gasteiger partial charge in [0.05, 0.1) is 5.56 Å². The summed E-state index contributed by atoms with van der Waals surface area (Å²) < 4.78 is 38.8. The third-order valence-corrected chi connectivity index (χ3v) is 3.90. The van der Waals surface area contributed by atoms with E-state index in [9.17, 15) is 13.2 Å². The zero-order chi connectivity index (χ0) is 14.6. The van der Waals surface area contributed by atoms with Gasteiger partial charge in [-0.15, -0.1) is 0 Å². The lowest BCUT2D eigenvalue weighted by molar-refractivity contribution is -0.138. The first-order valence-electron chi connectivity index (χ1n) is 7.41. The van der Waals surface area contributed by atoms with E-state index in [0.29, 0.717) is 23.9 Å². The lowest BCUT2D eigenvalue weighted by Crippen LogP contribution is -2.32. The second kappa shape index (κ2) is 6.61. The van der Waals surface area contributed by atoms with Crippen molar-refractivity contribution >= 4 is 0 Å². The Balaban J connectivity index is 1.99. The minimum Gasteiger partial charge on any atom is -0.314 e. The van der Waals surface area contributed by atoms with E-state index in [0.717, 1.165) is 19.4 Å². The number of aryl methyl sites for hydroxylation is 1. The quantitative estimate of drug-likeness (QED) is 0.782. The second-order valence-corrected chi connectivity index (χ2v) is 5.59. The molecule has 0 aliphatic heterocycles. The van der Waals surface area contributed by atoms with Crippen molar-refractivity contribution in [3.8, 4) is 0 Å². The zero-order valence-electron chi connectivity index (χ0n) is 11.8. The maximum atomic E-state index is 12.9. The molecule has 2 rings (SSSR count). The Hall–Kier alpha value is -1.03. The molecule has 20 heavy (non-hydrogen) atoms. The van der Waals surface area contributed by atoms with E-state index in [2.05, 4.69) is 12.2 Å². The van der Waals surface area contributed by atoms with Crippen LogP contribution in [0.3, 0.4) is 0 Å². The van der Waals surface area contributed by atoms with Crippen LogP contribution < -0.4 is 5.32 Å². The van der Waals surface area contributed by atoms with E-state index in [1.54, 1.807) is 12.1 Å². The molecule has 0 aromatic heterocycles. The van der Waals surface area contributed by atoms with Gasteiger partial charge in [-0.3, -0.25) is 0 Å². The van der Waals surface area contributed by atoms with Gasteiger partial charge in [-0.05, 0) is 56.2 Å². The van der Waals surface area contributed by atoms with Crippen molar-refractivity contribution in [3.05, 3.63) is 35.4 Å². The lowest BCUT2D eigenvalue weighted by atomic mass is 9.98. The normalized spacial score (nSPS) is 17.2. The van der Waals surface area contributed by atoms with Gasteiger partial charge in [0.25, 0.3) is 0 Å². The molecule has 0 saturated heterocycles. The zero-order valence-corrected chi connectivity index (χ0v) is 11.8. The van der Waals surface area contributed by atoms with Crippen LogP contribution in [0.4, 0.5) is 13.2 Å². The molecule has 0 spiro atoms. The average Bonchev–Trinajstić information content (AvgIpc) is 3.22. The summed E-state index contributed by atoms with van der Waals surface area (Å²) in [6, 6.07) is 6.31. The smallest absolute Gasteiger partial charge is 0.314 e. The van der Waals surface area contributed by atoms with Crippen LogP contribution in [0.2, 0.25) is 0 Å². The predicted octanol–water partition coefficient (Wildman–Crippen LogP) is 4.42. The minimum absolute atomic E-state index is 0.372. The van der Waals surface area contributed by atoms with E-state index >= 15 is 0 Å². The molecule has 1 aromatic carbocycles. The maximum Gasteiger partial charge on any atom is 0.416 e. The molecule has 1 fully saturated rings. The molecule has 1 aliphatic rings. The van der Waals surface area contributed by atoms with Crippen LogP contribution >= 0.6 is 0 Å². The van der Waals surface area contributed by atoms with Gasteiger partial charge in [0.15, 0.2) is 0 Å². The molecule has 1 saturated carbocycles. The first-order chi connectivity index (χ1) is 9.52. The summed E-state index contributed by atoms with van der Waals surface area (Å²) in [4.78, 5) is 0. The maximum absolute atomic E-state index is 12.9. The van der Waals surface area contributed by atoms with Gasteiger partial charge in [-0.1, -0.05) is 25.1 Å². The van der Waals surface area contributed by atoms with Crippen LogP contribution in [0.25, 0.3) is 0 Å². The van der Waals surface area contributed by atoms with Gasteiger partial charge in [0.1, 0.15) is 0 Å². The highest BCUT2D eigenvalue weighted by Gasteiger charge is 2.34. The summed E-state index contributed by atoms with van der Waals surface area (Å²) >= 11 is 0. The third-order valence-electron chi connectivity index (χ3n) is 3.90. The number of nitrogens with one attached hydrogen (secondary N) is 1. The van der Waals surface area contributed by atoms with E-state index in [1.165, 1.54) is 25.0 Å². The molecule has 0 heterocycles. The summed E-state index contributed by atoms with van der Waals surface area (Å²) in [6.07, 6.45) is 0.515. The number of rotatable bonds is 7. The van der Waals surface area contributed by atoms with E-state index < -0.39 is 11.7 Å². The summed E-state index contributed by atoms with van der Waals surface area (Å²) in [7, 11) is 0. The highest BCUT2D eigenvalue weighted by Crippen LogP contribution is 2.36. The predicted molar refractivity (Wildman–Crippen MR) is 74.6 cm³/mol. The Labute approximate surface area is 118 Å². The monoisotopic (exact) mass is 285 g/mol. The van der Waals surface area contributed by atoms with Crippen molar-refractivity contribution in [1.29, 1.82) is 0 Å². The Morgan fingerprint density at radius 2 is 1.95 bits per heavy atom. The Morgan fingerprint density at radius 1 is 1.25 bits per heavy atom. The van der Waals surface area contributed by atoms with E-state index in [4.69, 9.17) is 0 Å². The van der Waals surface area contributed by atoms with Gasteiger partial charge >= 0.3 is 6.18 Å². The molecular formula is C16H22F3N. The number of hydrogen-bond acceptors (Lipinski definition) is 1. The number of halogens is 3. The van der Waals surface area contributed by atoms with Gasteiger partial charge in [0.2, 0.25) is 0 Å². The van der Waals surface area contributed by atoms with Crippen LogP contribution in [-0.4, -0.2) is 12.6 Å². The highest BCUT2D eigenvalue weighted by molar-refractivity contribution is 5.29. The standard InChI is InChI=1S/C16H22F3N/c1-2-11-20-15(13-7-8-13)10-9-12-5-3-4-6-14(12)16(17,18)19/h3-6,13,15,20H,2,7-11H2,1H3. The van der Waals surface area contributed by atoms with Crippen molar-refractivity contribution in [1.82, 2.24) is 5.32 Å². The first kappa shape index (κ1) is 15.4. The molecule has 1 unspecified atom stereocenters. The number of benzene rings is 1. The van der Waals surface area contributed by atoms with Gasteiger partial charge in [-0.25, -0.2) is 0 Å². The Morgan fingerprint density at radius 3 is 2.55 bits per heavy atom. The highest BCUT2D eigenvalue weighted by atomic mass is 19.4. The minimum atomic E-state index is -4.25. The molecule has 1 N–H and O–H groups in total. The fourth-order valence-corrected chi connectivity index (χ4v) is 2.66. The molecule has 112 valence electrons. The van der Waals surface area contributed by atoms with Crippen molar-refractivity contribution < 1.29 is 13.2 Å². The Kier molecular flexibility index (Phi) is 5.08. The van der Waals surface area contributed by atoms with Crippen molar-refractivity contribution in [2.45, 2.75) is 51.2 Å². The van der Waals surface area contributed by atoms with Gasteiger partial charge in [-0.2, -0.15) is 13.2 Å². The van der Waals surface area contributed by atoms with Crippen LogP contribution in [0.5, 0.6) is 0 Å². The van der Waals surface area contributed by atoms with Crippen molar-refractivity contribution in [2.75, 3.05) is 6.54 Å². The molecule has 1 aliphatic carbocycles. The van der Waals surface area contributed by atoms with Crippen LogP contribution in [0.15, 0.2) is 24.3 Å². The SMILES string of the molecule is CCCNC(CCc1ccccc1C(F)(F)F)C1CC1. The third kappa shape index (κ3) is 4.23. The van der Waals surface area contributed by atoms with E-state index in [1.807, 2.05) is 0 Å². The lowest BCUT2D eigenvalue weighted by Gasteiger charge is -2.19. The fraction of sp³-hybridized carbons (Fsp3) is 0.625.